The Morgan fingerprint density at radius 2 is 2.17 bits per heavy atom. The Morgan fingerprint density at radius 1 is 1.33 bits per heavy atom. The highest BCUT2D eigenvalue weighted by atomic mass is 16.6. The SMILES string of the molecule is CNc1cc(N2CCCOCC2)cc([N+](=O)[O-])c1. The maximum absolute atomic E-state index is 10.9. The second-order valence-electron chi connectivity index (χ2n) is 4.20. The number of nitro benzene ring substituents is 1. The molecule has 0 saturated carbocycles. The molecule has 0 bridgehead atoms. The first kappa shape index (κ1) is 12.6. The highest BCUT2D eigenvalue weighted by Crippen LogP contribution is 2.27. The maximum atomic E-state index is 10.9. The smallest absolute Gasteiger partial charge is 0.273 e. The van der Waals surface area contributed by atoms with E-state index in [0.717, 1.165) is 37.5 Å². The van der Waals surface area contributed by atoms with Gasteiger partial charge < -0.3 is 15.0 Å². The molecule has 0 spiro atoms. The van der Waals surface area contributed by atoms with Crippen LogP contribution in [-0.2, 0) is 4.74 Å². The molecular weight excluding hydrogens is 234 g/mol. The van der Waals surface area contributed by atoms with Crippen molar-refractivity contribution in [1.29, 1.82) is 0 Å². The van der Waals surface area contributed by atoms with Crippen LogP contribution in [-0.4, -0.2) is 38.3 Å². The zero-order valence-electron chi connectivity index (χ0n) is 10.4. The summed E-state index contributed by atoms with van der Waals surface area (Å²) >= 11 is 0. The quantitative estimate of drug-likeness (QED) is 0.656. The summed E-state index contributed by atoms with van der Waals surface area (Å²) in [4.78, 5) is 12.7. The predicted molar refractivity (Wildman–Crippen MR) is 70.3 cm³/mol. The van der Waals surface area contributed by atoms with E-state index in [1.807, 2.05) is 6.07 Å². The van der Waals surface area contributed by atoms with Crippen molar-refractivity contribution in [2.45, 2.75) is 6.42 Å². The second-order valence-corrected chi connectivity index (χ2v) is 4.20. The van der Waals surface area contributed by atoms with Gasteiger partial charge in [-0.1, -0.05) is 0 Å². The third kappa shape index (κ3) is 2.89. The monoisotopic (exact) mass is 251 g/mol. The molecule has 2 rings (SSSR count). The number of hydrogen-bond donors (Lipinski definition) is 1. The van der Waals surface area contributed by atoms with Crippen LogP contribution < -0.4 is 10.2 Å². The molecule has 1 aromatic rings. The second kappa shape index (κ2) is 5.68. The van der Waals surface area contributed by atoms with E-state index in [9.17, 15) is 10.1 Å². The van der Waals surface area contributed by atoms with Crippen LogP contribution in [0.1, 0.15) is 6.42 Å². The minimum atomic E-state index is -0.362. The molecule has 1 fully saturated rings. The lowest BCUT2D eigenvalue weighted by Crippen LogP contribution is -2.25. The van der Waals surface area contributed by atoms with Crippen LogP contribution in [0.5, 0.6) is 0 Å². The van der Waals surface area contributed by atoms with Gasteiger partial charge in [0, 0.05) is 50.3 Å². The van der Waals surface area contributed by atoms with Crippen molar-refractivity contribution >= 4 is 17.1 Å². The zero-order chi connectivity index (χ0) is 13.0. The van der Waals surface area contributed by atoms with E-state index in [1.54, 1.807) is 13.1 Å². The third-order valence-corrected chi connectivity index (χ3v) is 2.99. The van der Waals surface area contributed by atoms with E-state index in [-0.39, 0.29) is 10.6 Å². The molecule has 6 heteroatoms. The number of rotatable bonds is 3. The number of nitrogens with one attached hydrogen (secondary N) is 1. The van der Waals surface area contributed by atoms with Gasteiger partial charge in [-0.15, -0.1) is 0 Å². The molecule has 0 aromatic heterocycles. The summed E-state index contributed by atoms with van der Waals surface area (Å²) in [5.41, 5.74) is 1.74. The molecule has 1 N–H and O–H groups in total. The normalized spacial score (nSPS) is 16.2. The van der Waals surface area contributed by atoms with Crippen molar-refractivity contribution in [2.24, 2.45) is 0 Å². The highest BCUT2D eigenvalue weighted by Gasteiger charge is 2.15. The van der Waals surface area contributed by atoms with E-state index in [2.05, 4.69) is 10.2 Å². The standard InChI is InChI=1S/C12H17N3O3/c1-13-10-7-11(9-12(8-10)15(16)17)14-3-2-5-18-6-4-14/h7-9,13H,2-6H2,1H3. The van der Waals surface area contributed by atoms with Crippen LogP contribution in [0.15, 0.2) is 18.2 Å². The Bertz CT molecular complexity index is 429. The zero-order valence-corrected chi connectivity index (χ0v) is 10.4. The summed E-state index contributed by atoms with van der Waals surface area (Å²) in [7, 11) is 1.76. The summed E-state index contributed by atoms with van der Waals surface area (Å²) in [6.07, 6.45) is 0.942. The van der Waals surface area contributed by atoms with Gasteiger partial charge in [0.05, 0.1) is 11.5 Å². The minimum Gasteiger partial charge on any atom is -0.388 e. The van der Waals surface area contributed by atoms with Crippen molar-refractivity contribution in [3.05, 3.63) is 28.3 Å². The first-order valence-electron chi connectivity index (χ1n) is 6.00. The van der Waals surface area contributed by atoms with E-state index >= 15 is 0 Å². The van der Waals surface area contributed by atoms with Gasteiger partial charge in [0.2, 0.25) is 0 Å². The molecule has 1 aliphatic rings. The van der Waals surface area contributed by atoms with Crippen molar-refractivity contribution in [3.8, 4) is 0 Å². The number of hydrogen-bond acceptors (Lipinski definition) is 5. The summed E-state index contributed by atoms with van der Waals surface area (Å²) in [5.74, 6) is 0. The van der Waals surface area contributed by atoms with E-state index in [4.69, 9.17) is 4.74 Å². The fourth-order valence-electron chi connectivity index (χ4n) is 2.03. The Kier molecular flexibility index (Phi) is 3.99. The summed E-state index contributed by atoms with van der Waals surface area (Å²) in [5, 5.41) is 13.9. The van der Waals surface area contributed by atoms with Crippen molar-refractivity contribution < 1.29 is 9.66 Å². The van der Waals surface area contributed by atoms with Crippen LogP contribution in [0.3, 0.4) is 0 Å². The average Bonchev–Trinajstić information content (AvgIpc) is 2.67. The molecule has 1 heterocycles. The largest absolute Gasteiger partial charge is 0.388 e. The van der Waals surface area contributed by atoms with Crippen LogP contribution in [0.25, 0.3) is 0 Å². The van der Waals surface area contributed by atoms with Crippen LogP contribution in [0.2, 0.25) is 0 Å². The molecule has 1 saturated heterocycles. The lowest BCUT2D eigenvalue weighted by Gasteiger charge is -2.22. The predicted octanol–water partition coefficient (Wildman–Crippen LogP) is 1.86. The lowest BCUT2D eigenvalue weighted by molar-refractivity contribution is -0.384. The lowest BCUT2D eigenvalue weighted by atomic mass is 10.2. The van der Waals surface area contributed by atoms with Gasteiger partial charge in [-0.05, 0) is 12.5 Å². The van der Waals surface area contributed by atoms with E-state index in [1.165, 1.54) is 6.07 Å². The molecular formula is C12H17N3O3. The van der Waals surface area contributed by atoms with Crippen LogP contribution in [0.4, 0.5) is 17.1 Å². The Labute approximate surface area is 106 Å². The number of nitrogens with zero attached hydrogens (tertiary/aromatic N) is 2. The molecule has 0 radical (unpaired) electrons. The van der Waals surface area contributed by atoms with Gasteiger partial charge in [0.15, 0.2) is 0 Å². The first-order chi connectivity index (χ1) is 8.70. The number of benzene rings is 1. The van der Waals surface area contributed by atoms with Crippen LogP contribution in [0, 0.1) is 10.1 Å². The van der Waals surface area contributed by atoms with E-state index in [0.29, 0.717) is 6.61 Å². The highest BCUT2D eigenvalue weighted by molar-refractivity contribution is 5.64. The molecule has 0 unspecified atom stereocenters. The summed E-state index contributed by atoms with van der Waals surface area (Å²) < 4.78 is 5.39. The minimum absolute atomic E-state index is 0.113. The molecule has 6 nitrogen and oxygen atoms in total. The fraction of sp³-hybridized carbons (Fsp3) is 0.500. The molecule has 1 aliphatic heterocycles. The number of ether oxygens (including phenoxy) is 1. The van der Waals surface area contributed by atoms with Crippen molar-refractivity contribution in [1.82, 2.24) is 0 Å². The van der Waals surface area contributed by atoms with Crippen LogP contribution >= 0.6 is 0 Å². The number of nitro groups is 1. The molecule has 0 aliphatic carbocycles. The molecule has 1 aromatic carbocycles. The Balaban J connectivity index is 2.29. The van der Waals surface area contributed by atoms with Crippen molar-refractivity contribution in [3.63, 3.8) is 0 Å². The van der Waals surface area contributed by atoms with Gasteiger partial charge in [0.1, 0.15) is 0 Å². The topological polar surface area (TPSA) is 67.6 Å². The van der Waals surface area contributed by atoms with Gasteiger partial charge in [-0.3, -0.25) is 10.1 Å². The van der Waals surface area contributed by atoms with Gasteiger partial charge >= 0.3 is 0 Å². The number of anilines is 2. The molecule has 0 atom stereocenters. The van der Waals surface area contributed by atoms with Gasteiger partial charge in [-0.2, -0.15) is 0 Å². The maximum Gasteiger partial charge on any atom is 0.273 e. The summed E-state index contributed by atoms with van der Waals surface area (Å²) in [6.45, 7) is 3.05. The first-order valence-corrected chi connectivity index (χ1v) is 6.00. The molecule has 0 amide bonds. The fourth-order valence-corrected chi connectivity index (χ4v) is 2.03. The van der Waals surface area contributed by atoms with Gasteiger partial charge in [0.25, 0.3) is 5.69 Å². The third-order valence-electron chi connectivity index (χ3n) is 2.99. The molecule has 98 valence electrons. The van der Waals surface area contributed by atoms with Gasteiger partial charge in [-0.25, -0.2) is 0 Å². The number of non-ortho nitro benzene ring substituents is 1. The Hall–Kier alpha value is -1.82. The molecule has 18 heavy (non-hydrogen) atoms. The van der Waals surface area contributed by atoms with Crippen molar-refractivity contribution in [2.75, 3.05) is 43.6 Å². The average molecular weight is 251 g/mol. The summed E-state index contributed by atoms with van der Waals surface area (Å²) in [6, 6.07) is 5.09. The Morgan fingerprint density at radius 3 is 2.89 bits per heavy atom. The van der Waals surface area contributed by atoms with E-state index < -0.39 is 0 Å².